The maximum atomic E-state index is 13.2. The number of nitrogens with one attached hydrogen (secondary N) is 1. The summed E-state index contributed by atoms with van der Waals surface area (Å²) in [5, 5.41) is 4.02. The molecule has 0 bridgehead atoms. The summed E-state index contributed by atoms with van der Waals surface area (Å²) in [7, 11) is -3.61. The molecule has 0 unspecified atom stereocenters. The van der Waals surface area contributed by atoms with Crippen LogP contribution in [0.4, 0.5) is 5.69 Å². The lowest BCUT2D eigenvalue weighted by Crippen LogP contribution is -2.43. The van der Waals surface area contributed by atoms with Gasteiger partial charge in [0.05, 0.1) is 21.0 Å². The monoisotopic (exact) mass is 367 g/mol. The summed E-state index contributed by atoms with van der Waals surface area (Å²) in [5.41, 5.74) is 2.45. The maximum Gasteiger partial charge on any atom is 0.207 e. The molecular weight excluding hydrogens is 346 g/mol. The molecule has 1 fully saturated rings. The first-order valence-electron chi connectivity index (χ1n) is 8.73. The first-order valence-corrected chi connectivity index (χ1v) is 10.2. The SMILES string of the molecule is Cc1cc(S(=O)(=O)c2ccccc2)c2cccc(N3CCNCC3)c2n1. The average Bonchev–Trinajstić information content (AvgIpc) is 2.68. The van der Waals surface area contributed by atoms with Crippen LogP contribution in [0.15, 0.2) is 64.4 Å². The minimum Gasteiger partial charge on any atom is -0.367 e. The Balaban J connectivity index is 1.94. The Morgan fingerprint density at radius 2 is 1.73 bits per heavy atom. The van der Waals surface area contributed by atoms with Gasteiger partial charge in [-0.05, 0) is 31.2 Å². The molecule has 0 spiro atoms. The minimum atomic E-state index is -3.61. The molecule has 0 atom stereocenters. The van der Waals surface area contributed by atoms with Gasteiger partial charge in [0.2, 0.25) is 9.84 Å². The highest BCUT2D eigenvalue weighted by atomic mass is 32.2. The number of fused-ring (bicyclic) bond motifs is 1. The number of anilines is 1. The number of rotatable bonds is 3. The third kappa shape index (κ3) is 2.95. The fraction of sp³-hybridized carbons (Fsp3) is 0.250. The van der Waals surface area contributed by atoms with Gasteiger partial charge < -0.3 is 10.2 Å². The van der Waals surface area contributed by atoms with Gasteiger partial charge in [0, 0.05) is 37.3 Å². The van der Waals surface area contributed by atoms with Gasteiger partial charge in [-0.25, -0.2) is 8.42 Å². The van der Waals surface area contributed by atoms with Crippen LogP contribution in [0.5, 0.6) is 0 Å². The molecule has 1 aliphatic rings. The zero-order valence-corrected chi connectivity index (χ0v) is 15.5. The third-order valence-electron chi connectivity index (χ3n) is 4.71. The number of aromatic nitrogens is 1. The van der Waals surface area contributed by atoms with Gasteiger partial charge in [-0.2, -0.15) is 0 Å². The van der Waals surface area contributed by atoms with E-state index in [1.807, 2.05) is 31.2 Å². The molecule has 2 aromatic carbocycles. The average molecular weight is 367 g/mol. The van der Waals surface area contributed by atoms with Crippen molar-refractivity contribution < 1.29 is 8.42 Å². The topological polar surface area (TPSA) is 62.3 Å². The van der Waals surface area contributed by atoms with Crippen molar-refractivity contribution in [3.63, 3.8) is 0 Å². The highest BCUT2D eigenvalue weighted by molar-refractivity contribution is 7.91. The van der Waals surface area contributed by atoms with E-state index in [1.165, 1.54) is 0 Å². The van der Waals surface area contributed by atoms with Crippen LogP contribution in [0.25, 0.3) is 10.9 Å². The molecule has 1 aliphatic heterocycles. The largest absolute Gasteiger partial charge is 0.367 e. The van der Waals surface area contributed by atoms with E-state index in [4.69, 9.17) is 4.98 Å². The standard InChI is InChI=1S/C20H21N3O2S/c1-15-14-19(26(24,25)16-6-3-2-4-7-16)17-8-5-9-18(20(17)22-15)23-12-10-21-11-13-23/h2-9,14,21H,10-13H2,1H3. The van der Waals surface area contributed by atoms with E-state index in [9.17, 15) is 8.42 Å². The summed E-state index contributed by atoms with van der Waals surface area (Å²) < 4.78 is 26.5. The summed E-state index contributed by atoms with van der Waals surface area (Å²) in [5.74, 6) is 0. The van der Waals surface area contributed by atoms with Crippen molar-refractivity contribution in [3.05, 3.63) is 60.3 Å². The van der Waals surface area contributed by atoms with Gasteiger partial charge in [0.15, 0.2) is 0 Å². The first-order chi connectivity index (χ1) is 12.6. The number of benzene rings is 2. The van der Waals surface area contributed by atoms with E-state index in [-0.39, 0.29) is 0 Å². The molecule has 1 N–H and O–H groups in total. The first kappa shape index (κ1) is 17.0. The minimum absolute atomic E-state index is 0.305. The second-order valence-corrected chi connectivity index (χ2v) is 8.41. The number of aryl methyl sites for hydroxylation is 1. The molecule has 1 aromatic heterocycles. The number of piperazine rings is 1. The molecule has 2 heterocycles. The van der Waals surface area contributed by atoms with E-state index >= 15 is 0 Å². The number of hydrogen-bond acceptors (Lipinski definition) is 5. The number of pyridine rings is 1. The Bertz CT molecular complexity index is 1040. The molecule has 26 heavy (non-hydrogen) atoms. The lowest BCUT2D eigenvalue weighted by atomic mass is 10.1. The van der Waals surface area contributed by atoms with Gasteiger partial charge in [0.25, 0.3) is 0 Å². The highest BCUT2D eigenvalue weighted by Crippen LogP contribution is 2.33. The van der Waals surface area contributed by atoms with Gasteiger partial charge in [0.1, 0.15) is 0 Å². The predicted molar refractivity (Wildman–Crippen MR) is 103 cm³/mol. The number of nitrogens with zero attached hydrogens (tertiary/aromatic N) is 2. The third-order valence-corrected chi connectivity index (χ3v) is 6.52. The molecule has 5 nitrogen and oxygen atoms in total. The van der Waals surface area contributed by atoms with Crippen molar-refractivity contribution in [2.75, 3.05) is 31.1 Å². The second-order valence-electron chi connectivity index (χ2n) is 6.49. The van der Waals surface area contributed by atoms with Gasteiger partial charge in [-0.1, -0.05) is 30.3 Å². The number of hydrogen-bond donors (Lipinski definition) is 1. The fourth-order valence-corrected chi connectivity index (χ4v) is 4.98. The summed E-state index contributed by atoms with van der Waals surface area (Å²) in [4.78, 5) is 7.59. The van der Waals surface area contributed by atoms with Gasteiger partial charge in [-0.15, -0.1) is 0 Å². The molecule has 134 valence electrons. The van der Waals surface area contributed by atoms with Crippen molar-refractivity contribution in [2.24, 2.45) is 0 Å². The Kier molecular flexibility index (Phi) is 4.38. The van der Waals surface area contributed by atoms with Gasteiger partial charge in [-0.3, -0.25) is 4.98 Å². The Morgan fingerprint density at radius 1 is 1.00 bits per heavy atom. The summed E-state index contributed by atoms with van der Waals surface area (Å²) >= 11 is 0. The van der Waals surface area contributed by atoms with Crippen LogP contribution in [-0.4, -0.2) is 39.6 Å². The number of sulfone groups is 1. The van der Waals surface area contributed by atoms with Crippen molar-refractivity contribution in [1.82, 2.24) is 10.3 Å². The summed E-state index contributed by atoms with van der Waals surface area (Å²) in [6, 6.07) is 16.0. The highest BCUT2D eigenvalue weighted by Gasteiger charge is 2.23. The van der Waals surface area contributed by atoms with Crippen LogP contribution >= 0.6 is 0 Å². The quantitative estimate of drug-likeness (QED) is 0.771. The fourth-order valence-electron chi connectivity index (χ4n) is 3.43. The zero-order valence-electron chi connectivity index (χ0n) is 14.6. The van der Waals surface area contributed by atoms with E-state index in [1.54, 1.807) is 30.3 Å². The molecule has 1 saturated heterocycles. The second kappa shape index (κ2) is 6.70. The smallest absolute Gasteiger partial charge is 0.207 e. The molecular formula is C20H21N3O2S. The molecule has 0 aliphatic carbocycles. The lowest BCUT2D eigenvalue weighted by Gasteiger charge is -2.30. The van der Waals surface area contributed by atoms with Crippen molar-refractivity contribution in [3.8, 4) is 0 Å². The Morgan fingerprint density at radius 3 is 2.46 bits per heavy atom. The van der Waals surface area contributed by atoms with Crippen LogP contribution < -0.4 is 10.2 Å². The van der Waals surface area contributed by atoms with E-state index < -0.39 is 9.84 Å². The van der Waals surface area contributed by atoms with Crippen molar-refractivity contribution in [1.29, 1.82) is 0 Å². The van der Waals surface area contributed by atoms with Crippen molar-refractivity contribution in [2.45, 2.75) is 16.7 Å². The van der Waals surface area contributed by atoms with E-state index in [0.717, 1.165) is 37.4 Å². The number of para-hydroxylation sites is 1. The van der Waals surface area contributed by atoms with Crippen LogP contribution in [0.3, 0.4) is 0 Å². The maximum absolute atomic E-state index is 13.2. The molecule has 0 amide bonds. The summed E-state index contributed by atoms with van der Waals surface area (Å²) in [6.07, 6.45) is 0. The molecule has 3 aromatic rings. The molecule has 4 rings (SSSR count). The molecule has 0 saturated carbocycles. The van der Waals surface area contributed by atoms with E-state index in [0.29, 0.717) is 20.9 Å². The van der Waals surface area contributed by atoms with Crippen LogP contribution in [0, 0.1) is 6.92 Å². The van der Waals surface area contributed by atoms with E-state index in [2.05, 4.69) is 10.2 Å². The normalized spacial score (nSPS) is 15.3. The van der Waals surface area contributed by atoms with Gasteiger partial charge >= 0.3 is 0 Å². The van der Waals surface area contributed by atoms with Crippen LogP contribution in [0.1, 0.15) is 5.69 Å². The molecule has 0 radical (unpaired) electrons. The van der Waals surface area contributed by atoms with Crippen molar-refractivity contribution >= 4 is 26.4 Å². The lowest BCUT2D eigenvalue weighted by molar-refractivity contribution is 0.590. The molecule has 6 heteroatoms. The Hall–Kier alpha value is -2.44. The van der Waals surface area contributed by atoms with Crippen LogP contribution in [-0.2, 0) is 9.84 Å². The summed E-state index contributed by atoms with van der Waals surface area (Å²) in [6.45, 7) is 5.44. The van der Waals surface area contributed by atoms with Crippen LogP contribution in [0.2, 0.25) is 0 Å². The predicted octanol–water partition coefficient (Wildman–Crippen LogP) is 2.79. The zero-order chi connectivity index (χ0) is 18.1. The Labute approximate surface area is 153 Å².